The maximum Gasteiger partial charge on any atom is 0.490 e. The van der Waals surface area contributed by atoms with Crippen molar-refractivity contribution in [3.05, 3.63) is 0 Å². The summed E-state index contributed by atoms with van der Waals surface area (Å²) in [6.07, 6.45) is -1.91. The standard InChI is InChI=1S/C17H30N2O4.C2HF3O2/c1-2-21-13-16(20)19-5-3-4-17(14-19)10-15(12-23-17)11-18-6-8-22-9-7-18;3-2(4,5)1(6)7/h15H,2-14H2,1H3;(H,6,7). The van der Waals surface area contributed by atoms with Crippen LogP contribution in [0.3, 0.4) is 0 Å². The Morgan fingerprint density at radius 2 is 1.90 bits per heavy atom. The van der Waals surface area contributed by atoms with E-state index in [1.54, 1.807) is 0 Å². The molecule has 174 valence electrons. The fourth-order valence-electron chi connectivity index (χ4n) is 4.08. The van der Waals surface area contributed by atoms with Gasteiger partial charge in [-0.25, -0.2) is 4.79 Å². The van der Waals surface area contributed by atoms with Crippen LogP contribution in [0.1, 0.15) is 26.2 Å². The van der Waals surface area contributed by atoms with Gasteiger partial charge in [0.2, 0.25) is 5.91 Å². The van der Waals surface area contributed by atoms with E-state index >= 15 is 0 Å². The number of halogens is 3. The van der Waals surface area contributed by atoms with Gasteiger partial charge in [0.1, 0.15) is 6.61 Å². The van der Waals surface area contributed by atoms with Crippen molar-refractivity contribution >= 4 is 11.9 Å². The number of likely N-dealkylation sites (tertiary alicyclic amines) is 1. The minimum absolute atomic E-state index is 0.103. The Hall–Kier alpha value is -1.43. The molecule has 1 spiro atoms. The van der Waals surface area contributed by atoms with Gasteiger partial charge in [0.05, 0.1) is 25.4 Å². The van der Waals surface area contributed by atoms with Gasteiger partial charge in [0, 0.05) is 39.3 Å². The minimum atomic E-state index is -5.08. The van der Waals surface area contributed by atoms with E-state index in [1.807, 2.05) is 11.8 Å². The highest BCUT2D eigenvalue weighted by Crippen LogP contribution is 2.37. The summed E-state index contributed by atoms with van der Waals surface area (Å²) in [6, 6.07) is 0. The first-order chi connectivity index (χ1) is 14.1. The zero-order chi connectivity index (χ0) is 22.2. The Bertz CT molecular complexity index is 571. The number of ether oxygens (including phenoxy) is 3. The number of piperidine rings is 1. The fourth-order valence-corrected chi connectivity index (χ4v) is 4.08. The third kappa shape index (κ3) is 7.68. The molecule has 1 N–H and O–H groups in total. The number of carboxylic acids is 1. The zero-order valence-electron chi connectivity index (χ0n) is 17.3. The zero-order valence-corrected chi connectivity index (χ0v) is 17.3. The van der Waals surface area contributed by atoms with Crippen molar-refractivity contribution in [2.24, 2.45) is 5.92 Å². The van der Waals surface area contributed by atoms with Crippen LogP contribution in [0.25, 0.3) is 0 Å². The number of morpholine rings is 1. The second-order valence-corrected chi connectivity index (χ2v) is 7.84. The molecule has 0 aromatic heterocycles. The van der Waals surface area contributed by atoms with E-state index in [-0.39, 0.29) is 18.1 Å². The Balaban J connectivity index is 0.000000396. The predicted octanol–water partition coefficient (Wildman–Crippen LogP) is 1.39. The molecule has 2 atom stereocenters. The second-order valence-electron chi connectivity index (χ2n) is 7.84. The molecule has 2 unspecified atom stereocenters. The van der Waals surface area contributed by atoms with Crippen LogP contribution in [0.15, 0.2) is 0 Å². The maximum atomic E-state index is 12.2. The fraction of sp³-hybridized carbons (Fsp3) is 0.895. The van der Waals surface area contributed by atoms with Crippen LogP contribution in [0.2, 0.25) is 0 Å². The molecule has 0 aromatic carbocycles. The molecule has 3 heterocycles. The molecular formula is C19H31F3N2O6. The Morgan fingerprint density at radius 3 is 2.50 bits per heavy atom. The van der Waals surface area contributed by atoms with Gasteiger partial charge in [-0.1, -0.05) is 0 Å². The van der Waals surface area contributed by atoms with Crippen molar-refractivity contribution in [1.82, 2.24) is 9.80 Å². The number of nitrogens with zero attached hydrogens (tertiary/aromatic N) is 2. The summed E-state index contributed by atoms with van der Waals surface area (Å²) in [4.78, 5) is 25.5. The number of hydrogen-bond acceptors (Lipinski definition) is 6. The lowest BCUT2D eigenvalue weighted by atomic mass is 9.86. The quantitative estimate of drug-likeness (QED) is 0.691. The van der Waals surface area contributed by atoms with Gasteiger partial charge in [-0.05, 0) is 32.1 Å². The number of carbonyl (C=O) groups excluding carboxylic acids is 1. The van der Waals surface area contributed by atoms with Crippen molar-refractivity contribution in [3.8, 4) is 0 Å². The summed E-state index contributed by atoms with van der Waals surface area (Å²) in [7, 11) is 0. The van der Waals surface area contributed by atoms with Crippen LogP contribution in [-0.2, 0) is 23.8 Å². The van der Waals surface area contributed by atoms with Crippen LogP contribution in [0, 0.1) is 5.92 Å². The summed E-state index contributed by atoms with van der Waals surface area (Å²) < 4.78 is 48.7. The van der Waals surface area contributed by atoms with E-state index in [0.717, 1.165) is 71.8 Å². The molecule has 8 nitrogen and oxygen atoms in total. The van der Waals surface area contributed by atoms with Crippen molar-refractivity contribution in [3.63, 3.8) is 0 Å². The van der Waals surface area contributed by atoms with E-state index in [2.05, 4.69) is 4.90 Å². The highest BCUT2D eigenvalue weighted by molar-refractivity contribution is 5.77. The van der Waals surface area contributed by atoms with Gasteiger partial charge in [0.25, 0.3) is 0 Å². The molecule has 0 aliphatic carbocycles. The molecule has 0 saturated carbocycles. The van der Waals surface area contributed by atoms with Crippen molar-refractivity contribution in [2.75, 3.05) is 65.8 Å². The van der Waals surface area contributed by atoms with Gasteiger partial charge < -0.3 is 24.2 Å². The van der Waals surface area contributed by atoms with Gasteiger partial charge in [-0.3, -0.25) is 9.69 Å². The number of carbonyl (C=O) groups is 2. The van der Waals surface area contributed by atoms with Crippen molar-refractivity contribution in [2.45, 2.75) is 38.0 Å². The van der Waals surface area contributed by atoms with Gasteiger partial charge in [-0.2, -0.15) is 13.2 Å². The largest absolute Gasteiger partial charge is 0.490 e. The predicted molar refractivity (Wildman–Crippen MR) is 100 cm³/mol. The first-order valence-corrected chi connectivity index (χ1v) is 10.2. The molecule has 3 rings (SSSR count). The smallest absolute Gasteiger partial charge is 0.475 e. The molecule has 0 aromatic rings. The molecule has 1 amide bonds. The SMILES string of the molecule is CCOCC(=O)N1CCCC2(CC(CN3CCOCC3)CO2)C1.O=C(O)C(F)(F)F. The van der Waals surface area contributed by atoms with Crippen LogP contribution in [0.5, 0.6) is 0 Å². The first kappa shape index (κ1) is 24.8. The van der Waals surface area contributed by atoms with Crippen molar-refractivity contribution in [1.29, 1.82) is 0 Å². The molecule has 0 bridgehead atoms. The second kappa shape index (κ2) is 11.3. The minimum Gasteiger partial charge on any atom is -0.475 e. The van der Waals surface area contributed by atoms with Crippen molar-refractivity contribution < 1.29 is 42.1 Å². The first-order valence-electron chi connectivity index (χ1n) is 10.2. The van der Waals surface area contributed by atoms with Crippen LogP contribution in [0.4, 0.5) is 13.2 Å². The Morgan fingerprint density at radius 1 is 1.23 bits per heavy atom. The van der Waals surface area contributed by atoms with Gasteiger partial charge in [0.15, 0.2) is 0 Å². The highest BCUT2D eigenvalue weighted by Gasteiger charge is 2.44. The molecule has 3 saturated heterocycles. The average molecular weight is 440 g/mol. The normalized spacial score (nSPS) is 27.6. The summed E-state index contributed by atoms with van der Waals surface area (Å²) in [6.45, 7) is 9.95. The number of carboxylic acid groups (broad SMARTS) is 1. The monoisotopic (exact) mass is 440 g/mol. The third-order valence-corrected chi connectivity index (χ3v) is 5.47. The number of rotatable bonds is 5. The van der Waals surface area contributed by atoms with Crippen LogP contribution >= 0.6 is 0 Å². The lowest BCUT2D eigenvalue weighted by Crippen LogP contribution is -2.51. The topological polar surface area (TPSA) is 88.5 Å². The molecule has 3 aliphatic rings. The molecule has 30 heavy (non-hydrogen) atoms. The number of aliphatic carboxylic acids is 1. The Labute approximate surface area is 174 Å². The average Bonchev–Trinajstić information content (AvgIpc) is 3.08. The maximum absolute atomic E-state index is 12.2. The molecule has 3 aliphatic heterocycles. The highest BCUT2D eigenvalue weighted by atomic mass is 19.4. The van der Waals surface area contributed by atoms with E-state index in [0.29, 0.717) is 12.5 Å². The summed E-state index contributed by atoms with van der Waals surface area (Å²) in [5, 5.41) is 7.12. The lowest BCUT2D eigenvalue weighted by Gasteiger charge is -2.40. The Kier molecular flexibility index (Phi) is 9.32. The van der Waals surface area contributed by atoms with E-state index in [9.17, 15) is 18.0 Å². The van der Waals surface area contributed by atoms with Gasteiger partial charge in [-0.15, -0.1) is 0 Å². The number of hydrogen-bond donors (Lipinski definition) is 1. The van der Waals surface area contributed by atoms with E-state index in [4.69, 9.17) is 24.1 Å². The summed E-state index contributed by atoms with van der Waals surface area (Å²) >= 11 is 0. The van der Waals surface area contributed by atoms with Gasteiger partial charge >= 0.3 is 12.1 Å². The molecule has 0 radical (unpaired) electrons. The summed E-state index contributed by atoms with van der Waals surface area (Å²) in [5.41, 5.74) is -0.114. The molecule has 11 heteroatoms. The number of amides is 1. The number of alkyl halides is 3. The van der Waals surface area contributed by atoms with E-state index in [1.165, 1.54) is 0 Å². The van der Waals surface area contributed by atoms with Crippen LogP contribution in [-0.4, -0.2) is 104 Å². The van der Waals surface area contributed by atoms with E-state index < -0.39 is 12.1 Å². The summed E-state index contributed by atoms with van der Waals surface area (Å²) in [5.74, 6) is -2.08. The third-order valence-electron chi connectivity index (χ3n) is 5.47. The molecular weight excluding hydrogens is 409 g/mol. The van der Waals surface area contributed by atoms with Crippen LogP contribution < -0.4 is 0 Å². The lowest BCUT2D eigenvalue weighted by molar-refractivity contribution is -0.192. The molecule has 3 fully saturated rings.